The van der Waals surface area contributed by atoms with Crippen molar-refractivity contribution in [3.8, 4) is 0 Å². The number of benzene rings is 1. The predicted molar refractivity (Wildman–Crippen MR) is 81.9 cm³/mol. The first-order chi connectivity index (χ1) is 10.7. The Balaban J connectivity index is 0.000000379. The molecule has 0 aliphatic rings. The topological polar surface area (TPSA) is 122 Å². The minimum absolute atomic E-state index is 0.0531. The van der Waals surface area contributed by atoms with Crippen LogP contribution in [0.2, 0.25) is 5.02 Å². The van der Waals surface area contributed by atoms with E-state index in [1.165, 1.54) is 12.1 Å². The van der Waals surface area contributed by atoms with Gasteiger partial charge in [0.2, 0.25) is 0 Å². The summed E-state index contributed by atoms with van der Waals surface area (Å²) >= 11 is 5.72. The molecule has 0 fully saturated rings. The van der Waals surface area contributed by atoms with Crippen molar-refractivity contribution in [1.29, 1.82) is 0 Å². The number of carboxylic acids is 2. The van der Waals surface area contributed by atoms with Crippen LogP contribution in [0, 0.1) is 0 Å². The van der Waals surface area contributed by atoms with E-state index in [1.54, 1.807) is 36.7 Å². The van der Waals surface area contributed by atoms with E-state index in [-0.39, 0.29) is 10.6 Å². The maximum absolute atomic E-state index is 12.0. The molecule has 0 amide bonds. The summed E-state index contributed by atoms with van der Waals surface area (Å²) in [6.07, 6.45) is 3.16. The Hall–Kier alpha value is -2.45. The molecule has 9 heteroatoms. The molecule has 0 aliphatic heterocycles. The third kappa shape index (κ3) is 6.45. The number of hydrogen-bond donors (Lipinski definition) is 2. The van der Waals surface area contributed by atoms with Gasteiger partial charge in [0.25, 0.3) is 0 Å². The quantitative estimate of drug-likeness (QED) is 0.804. The van der Waals surface area contributed by atoms with E-state index in [2.05, 4.69) is 4.98 Å². The van der Waals surface area contributed by atoms with Gasteiger partial charge in [-0.15, -0.1) is 0 Å². The van der Waals surface area contributed by atoms with Gasteiger partial charge in [0.1, 0.15) is 0 Å². The second kappa shape index (κ2) is 8.25. The van der Waals surface area contributed by atoms with Crippen molar-refractivity contribution in [2.45, 2.75) is 10.6 Å². The molecule has 2 N–H and O–H groups in total. The summed E-state index contributed by atoms with van der Waals surface area (Å²) in [7, 11) is -3.33. The lowest BCUT2D eigenvalue weighted by Crippen LogP contribution is -2.09. The molecule has 7 nitrogen and oxygen atoms in total. The fourth-order valence-corrected chi connectivity index (χ4v) is 2.88. The Bertz CT molecular complexity index is 763. The van der Waals surface area contributed by atoms with Gasteiger partial charge in [-0.05, 0) is 35.9 Å². The lowest BCUT2D eigenvalue weighted by Gasteiger charge is -2.04. The zero-order valence-electron chi connectivity index (χ0n) is 11.6. The molecule has 2 aromatic rings. The third-order valence-electron chi connectivity index (χ3n) is 2.44. The average Bonchev–Trinajstić information content (AvgIpc) is 2.48. The van der Waals surface area contributed by atoms with Crippen LogP contribution in [0.4, 0.5) is 0 Å². The number of nitrogens with zero attached hydrogens (tertiary/aromatic N) is 1. The molecule has 0 unspecified atom stereocenters. The number of carboxylic acid groups (broad SMARTS) is 2. The van der Waals surface area contributed by atoms with Crippen LogP contribution in [0.25, 0.3) is 0 Å². The van der Waals surface area contributed by atoms with Gasteiger partial charge >= 0.3 is 11.9 Å². The van der Waals surface area contributed by atoms with Crippen molar-refractivity contribution in [1.82, 2.24) is 4.98 Å². The minimum atomic E-state index is -3.33. The van der Waals surface area contributed by atoms with Crippen molar-refractivity contribution in [3.63, 3.8) is 0 Å². The van der Waals surface area contributed by atoms with Gasteiger partial charge in [0.15, 0.2) is 9.84 Å². The number of sulfone groups is 1. The zero-order valence-corrected chi connectivity index (χ0v) is 13.2. The number of pyridine rings is 1. The third-order valence-corrected chi connectivity index (χ3v) is 4.39. The molecule has 0 saturated carbocycles. The van der Waals surface area contributed by atoms with Crippen molar-refractivity contribution in [3.05, 3.63) is 59.4 Å². The molecule has 122 valence electrons. The van der Waals surface area contributed by atoms with Gasteiger partial charge in [0.05, 0.1) is 10.6 Å². The first-order valence-corrected chi connectivity index (χ1v) is 8.09. The Kier molecular flexibility index (Phi) is 6.67. The van der Waals surface area contributed by atoms with Gasteiger partial charge in [-0.3, -0.25) is 4.98 Å². The Morgan fingerprint density at radius 3 is 2.04 bits per heavy atom. The van der Waals surface area contributed by atoms with Crippen LogP contribution in [0.15, 0.2) is 53.7 Å². The molecular weight excluding hydrogens is 346 g/mol. The molecule has 0 spiro atoms. The number of hydrogen-bond acceptors (Lipinski definition) is 5. The van der Waals surface area contributed by atoms with Gasteiger partial charge in [-0.25, -0.2) is 18.0 Å². The average molecular weight is 358 g/mol. The molecule has 23 heavy (non-hydrogen) atoms. The number of aliphatic carboxylic acids is 2. The molecule has 1 aromatic carbocycles. The van der Waals surface area contributed by atoms with Crippen molar-refractivity contribution in [2.24, 2.45) is 0 Å². The summed E-state index contributed by atoms with van der Waals surface area (Å²) in [6, 6.07) is 9.60. The van der Waals surface area contributed by atoms with Crippen molar-refractivity contribution < 1.29 is 28.2 Å². The molecular formula is C14H12ClNO6S. The van der Waals surface area contributed by atoms with Gasteiger partial charge in [0, 0.05) is 17.4 Å². The van der Waals surface area contributed by atoms with Gasteiger partial charge in [-0.1, -0.05) is 17.7 Å². The summed E-state index contributed by atoms with van der Waals surface area (Å²) in [5.41, 5.74) is 0.669. The normalized spacial score (nSPS) is 10.3. The van der Waals surface area contributed by atoms with Crippen LogP contribution in [0.3, 0.4) is 0 Å². The summed E-state index contributed by atoms with van der Waals surface area (Å²) in [6.45, 7) is 0. The second-order valence-corrected chi connectivity index (χ2v) is 6.61. The Morgan fingerprint density at radius 2 is 1.61 bits per heavy atom. The highest BCUT2D eigenvalue weighted by molar-refractivity contribution is 7.90. The predicted octanol–water partition coefficient (Wildman–Crippen LogP) is 1.86. The van der Waals surface area contributed by atoms with E-state index < -0.39 is 21.8 Å². The molecule has 0 saturated heterocycles. The maximum Gasteiger partial charge on any atom is 0.414 e. The fraction of sp³-hybridized carbons (Fsp3) is 0.0714. The summed E-state index contributed by atoms with van der Waals surface area (Å²) in [5, 5.41) is 15.3. The fourth-order valence-electron chi connectivity index (χ4n) is 1.43. The molecule has 0 atom stereocenters. The lowest BCUT2D eigenvalue weighted by atomic mass is 10.3. The number of aromatic nitrogens is 1. The molecule has 0 radical (unpaired) electrons. The number of rotatable bonds is 3. The highest BCUT2D eigenvalue weighted by atomic mass is 35.5. The first kappa shape index (κ1) is 18.6. The summed E-state index contributed by atoms with van der Waals surface area (Å²) in [5.74, 6) is -3.70. The minimum Gasteiger partial charge on any atom is -0.473 e. The molecule has 0 aliphatic carbocycles. The standard InChI is InChI=1S/C12H10ClNO2S.C2H2O4/c13-11-3-5-12(6-4-11)17(15,16)9-10-2-1-7-14-8-10;3-1(4)2(5)6/h1-8H,9H2;(H,3,4)(H,5,6). The van der Waals surface area contributed by atoms with Crippen LogP contribution >= 0.6 is 11.6 Å². The second-order valence-electron chi connectivity index (χ2n) is 4.18. The Labute approximate surface area is 137 Å². The SMILES string of the molecule is O=C(O)C(=O)O.O=S(=O)(Cc1cccnc1)c1ccc(Cl)cc1. The van der Waals surface area contributed by atoms with Crippen LogP contribution in [-0.2, 0) is 25.2 Å². The first-order valence-electron chi connectivity index (χ1n) is 6.06. The van der Waals surface area contributed by atoms with E-state index in [9.17, 15) is 8.42 Å². The van der Waals surface area contributed by atoms with Crippen molar-refractivity contribution in [2.75, 3.05) is 0 Å². The largest absolute Gasteiger partial charge is 0.473 e. The van der Waals surface area contributed by atoms with E-state index in [1.807, 2.05) is 0 Å². The Morgan fingerprint density at radius 1 is 1.04 bits per heavy atom. The van der Waals surface area contributed by atoms with E-state index in [0.29, 0.717) is 10.6 Å². The molecule has 2 rings (SSSR count). The highest BCUT2D eigenvalue weighted by Gasteiger charge is 2.14. The van der Waals surface area contributed by atoms with E-state index >= 15 is 0 Å². The van der Waals surface area contributed by atoms with Crippen molar-refractivity contribution >= 4 is 33.4 Å². The van der Waals surface area contributed by atoms with Gasteiger partial charge in [-0.2, -0.15) is 0 Å². The van der Waals surface area contributed by atoms with Gasteiger partial charge < -0.3 is 10.2 Å². The number of carbonyl (C=O) groups is 2. The van der Waals surface area contributed by atoms with E-state index in [0.717, 1.165) is 0 Å². The monoisotopic (exact) mass is 357 g/mol. The lowest BCUT2D eigenvalue weighted by molar-refractivity contribution is -0.159. The van der Waals surface area contributed by atoms with Crippen LogP contribution < -0.4 is 0 Å². The van der Waals surface area contributed by atoms with E-state index in [4.69, 9.17) is 31.4 Å². The van der Waals surface area contributed by atoms with Crippen LogP contribution in [0.5, 0.6) is 0 Å². The maximum atomic E-state index is 12.0. The smallest absolute Gasteiger partial charge is 0.414 e. The van der Waals surface area contributed by atoms with Crippen LogP contribution in [-0.4, -0.2) is 35.6 Å². The zero-order chi connectivity index (χ0) is 17.5. The molecule has 1 heterocycles. The summed E-state index contributed by atoms with van der Waals surface area (Å²) in [4.78, 5) is 22.4. The summed E-state index contributed by atoms with van der Waals surface area (Å²) < 4.78 is 24.1. The molecule has 1 aromatic heterocycles. The number of halogens is 1. The highest BCUT2D eigenvalue weighted by Crippen LogP contribution is 2.18. The van der Waals surface area contributed by atoms with Crippen LogP contribution in [0.1, 0.15) is 5.56 Å². The molecule has 0 bridgehead atoms.